The second kappa shape index (κ2) is 4.43. The number of nitro groups is 1. The average Bonchev–Trinajstić information content (AvgIpc) is 3.09. The van der Waals surface area contributed by atoms with Gasteiger partial charge in [-0.05, 0) is 35.2 Å². The molecule has 2 heterocycles. The Morgan fingerprint density at radius 2 is 2.25 bits per heavy atom. The van der Waals surface area contributed by atoms with Crippen molar-refractivity contribution in [3.63, 3.8) is 0 Å². The SMILES string of the molecule is CC(C)C1(CNc2ccc3ncc([N+](=O)[O-])n3n2)CC1. The van der Waals surface area contributed by atoms with Crippen LogP contribution in [0.5, 0.6) is 0 Å². The second-order valence-corrected chi connectivity index (χ2v) is 5.73. The lowest BCUT2D eigenvalue weighted by molar-refractivity contribution is -0.391. The summed E-state index contributed by atoms with van der Waals surface area (Å²) in [6.45, 7) is 5.31. The van der Waals surface area contributed by atoms with E-state index in [-0.39, 0.29) is 5.82 Å². The predicted octanol–water partition coefficient (Wildman–Crippen LogP) is 2.49. The topological polar surface area (TPSA) is 85.4 Å². The van der Waals surface area contributed by atoms with Crippen LogP contribution in [0.2, 0.25) is 0 Å². The monoisotopic (exact) mass is 275 g/mol. The molecule has 0 unspecified atom stereocenters. The minimum absolute atomic E-state index is 0.117. The highest BCUT2D eigenvalue weighted by atomic mass is 16.6. The number of anilines is 1. The van der Waals surface area contributed by atoms with Crippen molar-refractivity contribution < 1.29 is 4.92 Å². The van der Waals surface area contributed by atoms with Crippen LogP contribution >= 0.6 is 0 Å². The van der Waals surface area contributed by atoms with Crippen molar-refractivity contribution in [2.24, 2.45) is 11.3 Å². The summed E-state index contributed by atoms with van der Waals surface area (Å²) in [4.78, 5) is 14.4. The fraction of sp³-hybridized carbons (Fsp3) is 0.538. The molecule has 0 aromatic carbocycles. The van der Waals surface area contributed by atoms with Crippen LogP contribution in [0.15, 0.2) is 18.3 Å². The van der Waals surface area contributed by atoms with Crippen molar-refractivity contribution >= 4 is 17.3 Å². The molecule has 1 aliphatic carbocycles. The van der Waals surface area contributed by atoms with Gasteiger partial charge in [-0.25, -0.2) is 4.98 Å². The van der Waals surface area contributed by atoms with Crippen LogP contribution in [0.25, 0.3) is 5.65 Å². The Morgan fingerprint density at radius 1 is 1.50 bits per heavy atom. The van der Waals surface area contributed by atoms with Crippen LogP contribution < -0.4 is 5.32 Å². The molecule has 0 spiro atoms. The standard InChI is InChI=1S/C13H17N5O2/c1-9(2)13(5-6-13)8-15-10-3-4-11-14-7-12(18(19)20)17(11)16-10/h3-4,7,9H,5-6,8H2,1-2H3,(H,15,16). The van der Waals surface area contributed by atoms with Gasteiger partial charge in [0.1, 0.15) is 6.20 Å². The quantitative estimate of drug-likeness (QED) is 0.669. The molecule has 20 heavy (non-hydrogen) atoms. The van der Waals surface area contributed by atoms with Crippen LogP contribution in [-0.2, 0) is 0 Å². The van der Waals surface area contributed by atoms with Gasteiger partial charge in [0.05, 0.1) is 0 Å². The van der Waals surface area contributed by atoms with Crippen molar-refractivity contribution in [1.82, 2.24) is 14.6 Å². The number of rotatable bonds is 5. The van der Waals surface area contributed by atoms with Gasteiger partial charge in [-0.2, -0.15) is 0 Å². The fourth-order valence-corrected chi connectivity index (χ4v) is 2.47. The molecule has 0 saturated heterocycles. The summed E-state index contributed by atoms with van der Waals surface area (Å²) in [5, 5.41) is 18.4. The Bertz CT molecular complexity index is 660. The second-order valence-electron chi connectivity index (χ2n) is 5.73. The van der Waals surface area contributed by atoms with Gasteiger partial charge in [-0.3, -0.25) is 0 Å². The molecule has 2 aromatic rings. The van der Waals surface area contributed by atoms with Crippen molar-refractivity contribution in [2.75, 3.05) is 11.9 Å². The van der Waals surface area contributed by atoms with Crippen molar-refractivity contribution in [3.8, 4) is 0 Å². The van der Waals surface area contributed by atoms with Gasteiger partial charge in [0.2, 0.25) is 5.65 Å². The Hall–Kier alpha value is -2.18. The van der Waals surface area contributed by atoms with E-state index in [0.717, 1.165) is 6.54 Å². The zero-order valence-electron chi connectivity index (χ0n) is 11.5. The predicted molar refractivity (Wildman–Crippen MR) is 74.6 cm³/mol. The van der Waals surface area contributed by atoms with E-state index in [0.29, 0.717) is 22.8 Å². The first-order valence-corrected chi connectivity index (χ1v) is 6.75. The maximum absolute atomic E-state index is 10.9. The number of hydrogen-bond acceptors (Lipinski definition) is 5. The van der Waals surface area contributed by atoms with E-state index < -0.39 is 4.92 Å². The molecule has 0 amide bonds. The van der Waals surface area contributed by atoms with E-state index in [2.05, 4.69) is 29.2 Å². The summed E-state index contributed by atoms with van der Waals surface area (Å²) in [5.74, 6) is 1.15. The van der Waals surface area contributed by atoms with E-state index in [1.54, 1.807) is 6.07 Å². The summed E-state index contributed by atoms with van der Waals surface area (Å²) >= 11 is 0. The van der Waals surface area contributed by atoms with Crippen molar-refractivity contribution in [1.29, 1.82) is 0 Å². The summed E-state index contributed by atoms with van der Waals surface area (Å²) in [6.07, 6.45) is 3.68. The van der Waals surface area contributed by atoms with Crippen LogP contribution in [0.3, 0.4) is 0 Å². The minimum atomic E-state index is -0.479. The fourth-order valence-electron chi connectivity index (χ4n) is 2.47. The Balaban J connectivity index is 1.82. The van der Waals surface area contributed by atoms with Crippen LogP contribution in [-0.4, -0.2) is 26.1 Å². The van der Waals surface area contributed by atoms with Gasteiger partial charge in [-0.1, -0.05) is 23.5 Å². The lowest BCUT2D eigenvalue weighted by Crippen LogP contribution is -2.21. The molecule has 2 aromatic heterocycles. The molecule has 0 atom stereocenters. The molecule has 1 fully saturated rings. The summed E-state index contributed by atoms with van der Waals surface area (Å²) in [6, 6.07) is 3.54. The zero-order chi connectivity index (χ0) is 14.3. The molecule has 0 radical (unpaired) electrons. The molecule has 1 saturated carbocycles. The number of nitrogens with zero attached hydrogens (tertiary/aromatic N) is 4. The number of fused-ring (bicyclic) bond motifs is 1. The third-order valence-corrected chi connectivity index (χ3v) is 4.27. The van der Waals surface area contributed by atoms with E-state index in [4.69, 9.17) is 0 Å². The van der Waals surface area contributed by atoms with Crippen molar-refractivity contribution in [2.45, 2.75) is 26.7 Å². The average molecular weight is 275 g/mol. The molecular formula is C13H17N5O2. The number of nitrogens with one attached hydrogen (secondary N) is 1. The van der Waals surface area contributed by atoms with Gasteiger partial charge in [-0.15, -0.1) is 0 Å². The van der Waals surface area contributed by atoms with E-state index >= 15 is 0 Å². The van der Waals surface area contributed by atoms with Crippen LogP contribution in [0.1, 0.15) is 26.7 Å². The summed E-state index contributed by atoms with van der Waals surface area (Å²) < 4.78 is 1.26. The summed E-state index contributed by atoms with van der Waals surface area (Å²) in [5.41, 5.74) is 0.838. The third-order valence-electron chi connectivity index (χ3n) is 4.27. The number of aromatic nitrogens is 3. The molecule has 7 nitrogen and oxygen atoms in total. The van der Waals surface area contributed by atoms with Gasteiger partial charge in [0.15, 0.2) is 5.82 Å². The highest BCUT2D eigenvalue weighted by molar-refractivity contribution is 5.48. The number of imidazole rings is 1. The molecule has 1 N–H and O–H groups in total. The van der Waals surface area contributed by atoms with Gasteiger partial charge in [0, 0.05) is 12.6 Å². The maximum Gasteiger partial charge on any atom is 0.368 e. The smallest absolute Gasteiger partial charge is 0.366 e. The first kappa shape index (κ1) is 12.8. The van der Waals surface area contributed by atoms with Crippen LogP contribution in [0, 0.1) is 21.4 Å². The van der Waals surface area contributed by atoms with E-state index in [1.807, 2.05) is 6.07 Å². The van der Waals surface area contributed by atoms with Crippen LogP contribution in [0.4, 0.5) is 11.6 Å². The molecule has 0 bridgehead atoms. The molecular weight excluding hydrogens is 258 g/mol. The molecule has 3 rings (SSSR count). The third kappa shape index (κ3) is 2.09. The normalized spacial score (nSPS) is 16.6. The largest absolute Gasteiger partial charge is 0.368 e. The van der Waals surface area contributed by atoms with E-state index in [1.165, 1.54) is 23.6 Å². The molecule has 0 aliphatic heterocycles. The highest BCUT2D eigenvalue weighted by Crippen LogP contribution is 2.51. The first-order chi connectivity index (χ1) is 9.52. The first-order valence-electron chi connectivity index (χ1n) is 6.75. The minimum Gasteiger partial charge on any atom is -0.366 e. The highest BCUT2D eigenvalue weighted by Gasteiger charge is 2.45. The van der Waals surface area contributed by atoms with Gasteiger partial charge >= 0.3 is 5.82 Å². The zero-order valence-corrected chi connectivity index (χ0v) is 11.5. The Labute approximate surface area is 116 Å². The van der Waals surface area contributed by atoms with E-state index in [9.17, 15) is 10.1 Å². The molecule has 7 heteroatoms. The molecule has 106 valence electrons. The molecule has 1 aliphatic rings. The lowest BCUT2D eigenvalue weighted by Gasteiger charge is -2.19. The maximum atomic E-state index is 10.9. The number of hydrogen-bond donors (Lipinski definition) is 1. The summed E-state index contributed by atoms with van der Waals surface area (Å²) in [7, 11) is 0. The van der Waals surface area contributed by atoms with Gasteiger partial charge in [0.25, 0.3) is 0 Å². The lowest BCUT2D eigenvalue weighted by atomic mass is 9.92. The van der Waals surface area contributed by atoms with Gasteiger partial charge < -0.3 is 15.4 Å². The Kier molecular flexibility index (Phi) is 2.84. The Morgan fingerprint density at radius 3 is 2.85 bits per heavy atom. The van der Waals surface area contributed by atoms with Crippen molar-refractivity contribution in [3.05, 3.63) is 28.4 Å².